The second-order valence-corrected chi connectivity index (χ2v) is 5.55. The zero-order chi connectivity index (χ0) is 16.9. The highest BCUT2D eigenvalue weighted by Gasteiger charge is 2.18. The molecule has 0 fully saturated rings. The molecule has 0 radical (unpaired) electrons. The number of hydrogen-bond donors (Lipinski definition) is 1. The number of carbonyl (C=O) groups is 1. The van der Waals surface area contributed by atoms with Crippen LogP contribution in [0.5, 0.6) is 0 Å². The number of rotatable bonds is 5. The zero-order valence-corrected chi connectivity index (χ0v) is 13.6. The van der Waals surface area contributed by atoms with Crippen molar-refractivity contribution in [1.29, 1.82) is 0 Å². The fraction of sp³-hybridized carbons (Fsp3) is 0.200. The van der Waals surface area contributed by atoms with E-state index < -0.39 is 0 Å². The van der Waals surface area contributed by atoms with Gasteiger partial charge in [-0.25, -0.2) is 4.98 Å². The number of hydrogen-bond acceptors (Lipinski definition) is 3. The average Bonchev–Trinajstić information content (AvgIpc) is 2.65. The molecule has 0 saturated carbocycles. The summed E-state index contributed by atoms with van der Waals surface area (Å²) in [7, 11) is 0. The van der Waals surface area contributed by atoms with Crippen molar-refractivity contribution >= 4 is 16.8 Å². The average molecular weight is 320 g/mol. The lowest BCUT2D eigenvalue weighted by atomic mass is 10.0. The zero-order valence-electron chi connectivity index (χ0n) is 13.6. The number of fused-ring (bicyclic) bond motifs is 1. The maximum absolute atomic E-state index is 13.0. The van der Waals surface area contributed by atoms with Crippen LogP contribution in [0.25, 0.3) is 22.2 Å². The monoisotopic (exact) mass is 320 g/mol. The van der Waals surface area contributed by atoms with Gasteiger partial charge >= 0.3 is 0 Å². The Kier molecular flexibility index (Phi) is 4.87. The summed E-state index contributed by atoms with van der Waals surface area (Å²) in [5, 5.41) is 10.0. The second-order valence-electron chi connectivity index (χ2n) is 5.55. The number of carbonyl (C=O) groups excluding carboxylic acids is 1. The van der Waals surface area contributed by atoms with Crippen LogP contribution in [0.15, 0.2) is 60.7 Å². The fourth-order valence-corrected chi connectivity index (χ4v) is 2.80. The summed E-state index contributed by atoms with van der Waals surface area (Å²) >= 11 is 0. The summed E-state index contributed by atoms with van der Waals surface area (Å²) in [6.45, 7) is 2.74. The predicted octanol–water partition coefficient (Wildman–Crippen LogP) is 3.36. The molecule has 1 N–H and O–H groups in total. The van der Waals surface area contributed by atoms with Crippen molar-refractivity contribution in [2.24, 2.45) is 0 Å². The highest BCUT2D eigenvalue weighted by molar-refractivity contribution is 6.07. The van der Waals surface area contributed by atoms with E-state index in [4.69, 9.17) is 4.98 Å². The predicted molar refractivity (Wildman–Crippen MR) is 95.8 cm³/mol. The van der Waals surface area contributed by atoms with Gasteiger partial charge in [0, 0.05) is 24.0 Å². The van der Waals surface area contributed by atoms with Crippen LogP contribution in [-0.2, 0) is 0 Å². The van der Waals surface area contributed by atoms with Crippen LogP contribution in [0, 0.1) is 0 Å². The number of amides is 1. The van der Waals surface area contributed by atoms with Crippen molar-refractivity contribution in [2.75, 3.05) is 19.7 Å². The molecular weight excluding hydrogens is 300 g/mol. The maximum atomic E-state index is 13.0. The summed E-state index contributed by atoms with van der Waals surface area (Å²) < 4.78 is 0. The van der Waals surface area contributed by atoms with Crippen LogP contribution in [0.2, 0.25) is 0 Å². The van der Waals surface area contributed by atoms with E-state index in [-0.39, 0.29) is 12.5 Å². The first kappa shape index (κ1) is 16.1. The van der Waals surface area contributed by atoms with Crippen LogP contribution in [-0.4, -0.2) is 40.6 Å². The smallest absolute Gasteiger partial charge is 0.254 e. The molecule has 3 aromatic rings. The summed E-state index contributed by atoms with van der Waals surface area (Å²) in [5.41, 5.74) is 3.16. The van der Waals surface area contributed by atoms with Gasteiger partial charge < -0.3 is 10.0 Å². The van der Waals surface area contributed by atoms with Gasteiger partial charge in [-0.1, -0.05) is 48.5 Å². The van der Waals surface area contributed by atoms with Gasteiger partial charge in [-0.15, -0.1) is 0 Å². The van der Waals surface area contributed by atoms with Crippen LogP contribution in [0.3, 0.4) is 0 Å². The van der Waals surface area contributed by atoms with Gasteiger partial charge in [0.15, 0.2) is 0 Å². The molecule has 0 aliphatic heterocycles. The van der Waals surface area contributed by atoms with Gasteiger partial charge in [0.2, 0.25) is 0 Å². The molecule has 1 amide bonds. The molecule has 0 atom stereocenters. The Morgan fingerprint density at radius 1 is 1.08 bits per heavy atom. The van der Waals surface area contributed by atoms with Gasteiger partial charge in [0.05, 0.1) is 23.4 Å². The number of aromatic nitrogens is 1. The van der Waals surface area contributed by atoms with Crippen LogP contribution in [0.4, 0.5) is 0 Å². The van der Waals surface area contributed by atoms with Crippen LogP contribution >= 0.6 is 0 Å². The van der Waals surface area contributed by atoms with E-state index in [0.29, 0.717) is 18.7 Å². The summed E-state index contributed by atoms with van der Waals surface area (Å²) in [4.78, 5) is 19.3. The molecule has 0 aliphatic rings. The third-order valence-corrected chi connectivity index (χ3v) is 4.05. The van der Waals surface area contributed by atoms with E-state index in [1.807, 2.05) is 67.6 Å². The van der Waals surface area contributed by atoms with Crippen molar-refractivity contribution in [3.8, 4) is 11.3 Å². The Morgan fingerprint density at radius 3 is 2.50 bits per heavy atom. The number of benzene rings is 2. The number of nitrogens with zero attached hydrogens (tertiary/aromatic N) is 2. The Hall–Kier alpha value is -2.72. The molecule has 4 heteroatoms. The minimum atomic E-state index is -0.0812. The SMILES string of the molecule is CCN(CCO)C(=O)c1cc(-c2ccccc2)nc2ccccc12. The number of pyridine rings is 1. The summed E-state index contributed by atoms with van der Waals surface area (Å²) in [6, 6.07) is 19.3. The second kappa shape index (κ2) is 7.23. The number of para-hydroxylation sites is 1. The van der Waals surface area contributed by atoms with E-state index in [1.54, 1.807) is 4.90 Å². The molecule has 3 rings (SSSR count). The molecule has 1 aromatic heterocycles. The molecule has 4 nitrogen and oxygen atoms in total. The Morgan fingerprint density at radius 2 is 1.79 bits per heavy atom. The normalized spacial score (nSPS) is 10.8. The molecular formula is C20H20N2O2. The highest BCUT2D eigenvalue weighted by atomic mass is 16.3. The number of likely N-dealkylation sites (N-methyl/N-ethyl adjacent to an activating group) is 1. The first-order valence-corrected chi connectivity index (χ1v) is 8.10. The molecule has 0 spiro atoms. The lowest BCUT2D eigenvalue weighted by Crippen LogP contribution is -2.33. The largest absolute Gasteiger partial charge is 0.395 e. The minimum absolute atomic E-state index is 0.0475. The van der Waals surface area contributed by atoms with Gasteiger partial charge in [-0.3, -0.25) is 4.79 Å². The van der Waals surface area contributed by atoms with Crippen LogP contribution in [0.1, 0.15) is 17.3 Å². The Labute approximate surface area is 141 Å². The van der Waals surface area contributed by atoms with E-state index in [2.05, 4.69) is 0 Å². The fourth-order valence-electron chi connectivity index (χ4n) is 2.80. The Bertz CT molecular complexity index is 847. The lowest BCUT2D eigenvalue weighted by molar-refractivity contribution is 0.0734. The molecule has 24 heavy (non-hydrogen) atoms. The number of aliphatic hydroxyl groups is 1. The van der Waals surface area contributed by atoms with Crippen molar-refractivity contribution in [2.45, 2.75) is 6.92 Å². The summed E-state index contributed by atoms with van der Waals surface area (Å²) in [6.07, 6.45) is 0. The van der Waals surface area contributed by atoms with Gasteiger partial charge in [-0.2, -0.15) is 0 Å². The van der Waals surface area contributed by atoms with E-state index in [9.17, 15) is 9.90 Å². The summed E-state index contributed by atoms with van der Waals surface area (Å²) in [5.74, 6) is -0.0812. The molecule has 2 aromatic carbocycles. The topological polar surface area (TPSA) is 53.4 Å². The molecule has 0 unspecified atom stereocenters. The molecule has 1 heterocycles. The van der Waals surface area contributed by atoms with Gasteiger partial charge in [-0.05, 0) is 19.1 Å². The molecule has 0 saturated heterocycles. The molecule has 0 bridgehead atoms. The minimum Gasteiger partial charge on any atom is -0.395 e. The van der Waals surface area contributed by atoms with Gasteiger partial charge in [0.25, 0.3) is 5.91 Å². The maximum Gasteiger partial charge on any atom is 0.254 e. The van der Waals surface area contributed by atoms with E-state index >= 15 is 0 Å². The van der Waals surface area contributed by atoms with Crippen molar-refractivity contribution in [1.82, 2.24) is 9.88 Å². The standard InChI is InChI=1S/C20H20N2O2/c1-2-22(12-13-23)20(24)17-14-19(15-8-4-3-5-9-15)21-18-11-7-6-10-16(17)18/h3-11,14,23H,2,12-13H2,1H3. The Balaban J connectivity index is 2.16. The first-order valence-electron chi connectivity index (χ1n) is 8.10. The van der Waals surface area contributed by atoms with Crippen molar-refractivity contribution in [3.05, 3.63) is 66.2 Å². The first-order chi connectivity index (χ1) is 11.7. The third-order valence-electron chi connectivity index (χ3n) is 4.05. The van der Waals surface area contributed by atoms with Crippen molar-refractivity contribution < 1.29 is 9.90 Å². The molecule has 122 valence electrons. The van der Waals surface area contributed by atoms with Gasteiger partial charge in [0.1, 0.15) is 0 Å². The quantitative estimate of drug-likeness (QED) is 0.784. The highest BCUT2D eigenvalue weighted by Crippen LogP contribution is 2.25. The van der Waals surface area contributed by atoms with E-state index in [1.165, 1.54) is 0 Å². The van der Waals surface area contributed by atoms with Crippen molar-refractivity contribution in [3.63, 3.8) is 0 Å². The van der Waals surface area contributed by atoms with E-state index in [0.717, 1.165) is 22.2 Å². The lowest BCUT2D eigenvalue weighted by Gasteiger charge is -2.21. The number of aliphatic hydroxyl groups excluding tert-OH is 1. The molecule has 0 aliphatic carbocycles. The van der Waals surface area contributed by atoms with Crippen LogP contribution < -0.4 is 0 Å². The third kappa shape index (κ3) is 3.14.